The average Bonchev–Trinajstić information content (AvgIpc) is 3.34. The SMILES string of the molecule is Cc1cc(C(=O)N(CCc2ccccc2)Cc2cccs2)c2c(C)noc2n1. The molecular formula is C22H21N3O2S. The van der Waals surface area contributed by atoms with Gasteiger partial charge in [0.15, 0.2) is 0 Å². The lowest BCUT2D eigenvalue weighted by Gasteiger charge is -2.23. The van der Waals surface area contributed by atoms with Gasteiger partial charge >= 0.3 is 0 Å². The van der Waals surface area contributed by atoms with Crippen molar-refractivity contribution in [3.05, 3.63) is 81.3 Å². The molecule has 1 amide bonds. The lowest BCUT2D eigenvalue weighted by molar-refractivity contribution is 0.0748. The molecule has 6 heteroatoms. The molecule has 5 nitrogen and oxygen atoms in total. The van der Waals surface area contributed by atoms with Gasteiger partial charge in [-0.1, -0.05) is 41.6 Å². The first-order valence-electron chi connectivity index (χ1n) is 9.21. The molecule has 0 radical (unpaired) electrons. The number of amides is 1. The molecule has 0 bridgehead atoms. The van der Waals surface area contributed by atoms with Crippen molar-refractivity contribution in [1.29, 1.82) is 0 Å². The van der Waals surface area contributed by atoms with E-state index in [9.17, 15) is 4.79 Å². The molecule has 0 saturated heterocycles. The summed E-state index contributed by atoms with van der Waals surface area (Å²) in [4.78, 5) is 21.0. The van der Waals surface area contributed by atoms with Gasteiger partial charge in [0, 0.05) is 17.1 Å². The van der Waals surface area contributed by atoms with Crippen molar-refractivity contribution in [2.45, 2.75) is 26.8 Å². The highest BCUT2D eigenvalue weighted by atomic mass is 32.1. The number of carbonyl (C=O) groups is 1. The van der Waals surface area contributed by atoms with Gasteiger partial charge in [-0.3, -0.25) is 4.79 Å². The summed E-state index contributed by atoms with van der Waals surface area (Å²) >= 11 is 1.66. The number of hydrogen-bond acceptors (Lipinski definition) is 5. The van der Waals surface area contributed by atoms with Gasteiger partial charge in [0.2, 0.25) is 0 Å². The third-order valence-corrected chi connectivity index (χ3v) is 5.56. The first-order chi connectivity index (χ1) is 13.6. The highest BCUT2D eigenvalue weighted by molar-refractivity contribution is 7.09. The van der Waals surface area contributed by atoms with E-state index >= 15 is 0 Å². The molecule has 0 atom stereocenters. The zero-order chi connectivity index (χ0) is 19.5. The van der Waals surface area contributed by atoms with Crippen molar-refractivity contribution >= 4 is 28.3 Å². The maximum absolute atomic E-state index is 13.5. The number of benzene rings is 1. The van der Waals surface area contributed by atoms with E-state index in [0.717, 1.165) is 17.0 Å². The topological polar surface area (TPSA) is 59.2 Å². The molecular weight excluding hydrogens is 370 g/mol. The minimum Gasteiger partial charge on any atom is -0.336 e. The summed E-state index contributed by atoms with van der Waals surface area (Å²) in [7, 11) is 0. The van der Waals surface area contributed by atoms with Gasteiger partial charge in [0.05, 0.1) is 23.2 Å². The first-order valence-corrected chi connectivity index (χ1v) is 10.1. The van der Waals surface area contributed by atoms with Gasteiger partial charge in [0.25, 0.3) is 11.6 Å². The fraction of sp³-hybridized carbons (Fsp3) is 0.227. The maximum atomic E-state index is 13.5. The Morgan fingerprint density at radius 1 is 1.14 bits per heavy atom. The highest BCUT2D eigenvalue weighted by Gasteiger charge is 2.23. The Morgan fingerprint density at radius 2 is 1.96 bits per heavy atom. The molecule has 4 aromatic rings. The predicted molar refractivity (Wildman–Crippen MR) is 110 cm³/mol. The predicted octanol–water partition coefficient (Wildman–Crippen LogP) is 4.79. The molecule has 142 valence electrons. The average molecular weight is 391 g/mol. The van der Waals surface area contributed by atoms with Crippen LogP contribution in [0.4, 0.5) is 0 Å². The number of pyridine rings is 1. The quantitative estimate of drug-likeness (QED) is 0.474. The second-order valence-electron chi connectivity index (χ2n) is 6.80. The monoisotopic (exact) mass is 391 g/mol. The number of nitrogens with zero attached hydrogens (tertiary/aromatic N) is 3. The summed E-state index contributed by atoms with van der Waals surface area (Å²) in [5.74, 6) is -0.0221. The van der Waals surface area contributed by atoms with Gasteiger partial charge in [-0.25, -0.2) is 4.98 Å². The van der Waals surface area contributed by atoms with Crippen LogP contribution in [0, 0.1) is 13.8 Å². The van der Waals surface area contributed by atoms with Crippen molar-refractivity contribution in [3.63, 3.8) is 0 Å². The van der Waals surface area contributed by atoms with Crippen molar-refractivity contribution < 1.29 is 9.32 Å². The molecule has 0 aliphatic heterocycles. The minimum absolute atomic E-state index is 0.0221. The molecule has 1 aromatic carbocycles. The molecule has 4 rings (SSSR count). The zero-order valence-electron chi connectivity index (χ0n) is 15.9. The van der Waals surface area contributed by atoms with E-state index in [4.69, 9.17) is 4.52 Å². The summed E-state index contributed by atoms with van der Waals surface area (Å²) < 4.78 is 5.31. The largest absolute Gasteiger partial charge is 0.336 e. The third-order valence-electron chi connectivity index (χ3n) is 4.70. The molecule has 0 fully saturated rings. The normalized spacial score (nSPS) is 11.1. The van der Waals surface area contributed by atoms with Gasteiger partial charge in [-0.05, 0) is 43.3 Å². The lowest BCUT2D eigenvalue weighted by Crippen LogP contribution is -2.32. The summed E-state index contributed by atoms with van der Waals surface area (Å²) in [6.07, 6.45) is 0.799. The Hall–Kier alpha value is -2.99. The van der Waals surface area contributed by atoms with Crippen molar-refractivity contribution in [1.82, 2.24) is 15.0 Å². The van der Waals surface area contributed by atoms with Crippen LogP contribution < -0.4 is 0 Å². The Kier molecular flexibility index (Phi) is 5.21. The number of carbonyl (C=O) groups excluding carboxylic acids is 1. The summed E-state index contributed by atoms with van der Waals surface area (Å²) in [5.41, 5.74) is 3.66. The van der Waals surface area contributed by atoms with Crippen LogP contribution >= 0.6 is 11.3 Å². The van der Waals surface area contributed by atoms with Crippen LogP contribution in [-0.2, 0) is 13.0 Å². The molecule has 0 aliphatic carbocycles. The number of thiophene rings is 1. The van der Waals surface area contributed by atoms with Crippen LogP contribution in [0.2, 0.25) is 0 Å². The Labute approximate surface area is 167 Å². The van der Waals surface area contributed by atoms with E-state index in [0.29, 0.717) is 35.4 Å². The van der Waals surface area contributed by atoms with Gasteiger partial charge in [-0.15, -0.1) is 11.3 Å². The number of rotatable bonds is 6. The third kappa shape index (κ3) is 3.82. The van der Waals surface area contributed by atoms with E-state index in [1.807, 2.05) is 54.5 Å². The highest BCUT2D eigenvalue weighted by Crippen LogP contribution is 2.24. The summed E-state index contributed by atoms with van der Waals surface area (Å²) in [6, 6.07) is 16.1. The minimum atomic E-state index is -0.0221. The van der Waals surface area contributed by atoms with Crippen molar-refractivity contribution in [2.24, 2.45) is 0 Å². The number of fused-ring (bicyclic) bond motifs is 1. The van der Waals surface area contributed by atoms with Gasteiger partial charge < -0.3 is 9.42 Å². The number of aromatic nitrogens is 2. The van der Waals surface area contributed by atoms with E-state index in [2.05, 4.69) is 28.3 Å². The van der Waals surface area contributed by atoms with Crippen LogP contribution in [0.3, 0.4) is 0 Å². The van der Waals surface area contributed by atoms with Crippen molar-refractivity contribution in [3.8, 4) is 0 Å². The van der Waals surface area contributed by atoms with E-state index in [1.165, 1.54) is 5.56 Å². The van der Waals surface area contributed by atoms with Crippen LogP contribution in [0.5, 0.6) is 0 Å². The van der Waals surface area contributed by atoms with Crippen molar-refractivity contribution in [2.75, 3.05) is 6.54 Å². The Balaban J connectivity index is 1.67. The Morgan fingerprint density at radius 3 is 2.71 bits per heavy atom. The van der Waals surface area contributed by atoms with Crippen LogP contribution in [0.15, 0.2) is 58.4 Å². The molecule has 3 heterocycles. The number of aryl methyl sites for hydroxylation is 2. The maximum Gasteiger partial charge on any atom is 0.258 e. The second-order valence-corrected chi connectivity index (χ2v) is 7.83. The van der Waals surface area contributed by atoms with E-state index < -0.39 is 0 Å². The standard InChI is InChI=1S/C22H21N3O2S/c1-15-13-19(20-16(2)24-27-21(20)23-15)22(26)25(14-18-9-6-12-28-18)11-10-17-7-4-3-5-8-17/h3-9,12-13H,10-11,14H2,1-2H3. The fourth-order valence-corrected chi connectivity index (χ4v) is 4.03. The lowest BCUT2D eigenvalue weighted by atomic mass is 10.1. The second kappa shape index (κ2) is 7.94. The molecule has 0 aliphatic rings. The van der Waals surface area contributed by atoms with Gasteiger partial charge in [-0.2, -0.15) is 0 Å². The van der Waals surface area contributed by atoms with E-state index in [-0.39, 0.29) is 5.91 Å². The van der Waals surface area contributed by atoms with E-state index in [1.54, 1.807) is 11.3 Å². The molecule has 0 N–H and O–H groups in total. The Bertz CT molecular complexity index is 1090. The molecule has 28 heavy (non-hydrogen) atoms. The fourth-order valence-electron chi connectivity index (χ4n) is 3.31. The molecule has 3 aromatic heterocycles. The summed E-state index contributed by atoms with van der Waals surface area (Å²) in [5, 5.41) is 6.74. The van der Waals surface area contributed by atoms with Gasteiger partial charge in [0.1, 0.15) is 0 Å². The summed E-state index contributed by atoms with van der Waals surface area (Å²) in [6.45, 7) is 4.92. The zero-order valence-corrected chi connectivity index (χ0v) is 16.7. The van der Waals surface area contributed by atoms with Crippen LogP contribution in [-0.4, -0.2) is 27.5 Å². The number of hydrogen-bond donors (Lipinski definition) is 0. The van der Waals surface area contributed by atoms with Crippen LogP contribution in [0.1, 0.15) is 32.2 Å². The smallest absolute Gasteiger partial charge is 0.258 e. The molecule has 0 spiro atoms. The first kappa shape index (κ1) is 18.4. The molecule has 0 saturated carbocycles. The van der Waals surface area contributed by atoms with Crippen LogP contribution in [0.25, 0.3) is 11.1 Å². The molecule has 0 unspecified atom stereocenters.